The zero-order chi connectivity index (χ0) is 13.0. The Balaban J connectivity index is 1.84. The van der Waals surface area contributed by atoms with Gasteiger partial charge in [0.15, 0.2) is 5.82 Å². The van der Waals surface area contributed by atoms with Gasteiger partial charge < -0.3 is 9.80 Å². The van der Waals surface area contributed by atoms with E-state index >= 15 is 0 Å². The Morgan fingerprint density at radius 1 is 1.28 bits per heavy atom. The molecule has 2 rings (SSSR count). The van der Waals surface area contributed by atoms with E-state index < -0.39 is 0 Å². The fraction of sp³-hybridized carbons (Fsp3) is 0.643. The van der Waals surface area contributed by atoms with Gasteiger partial charge in [0.1, 0.15) is 0 Å². The highest BCUT2D eigenvalue weighted by molar-refractivity contribution is 5.45. The van der Waals surface area contributed by atoms with Crippen LogP contribution in [0.3, 0.4) is 0 Å². The van der Waals surface area contributed by atoms with E-state index in [9.17, 15) is 4.39 Å². The minimum Gasteiger partial charge on any atom is -0.371 e. The lowest BCUT2D eigenvalue weighted by atomic mass is 10.2. The Morgan fingerprint density at radius 2 is 2.00 bits per heavy atom. The average molecular weight is 251 g/mol. The lowest BCUT2D eigenvalue weighted by molar-refractivity contribution is 0.251. The molecule has 1 fully saturated rings. The standard InChI is InChI=1S/C14H22FN3/c1-17(12-5-3-4-6-12)9-10-18(2)14-7-8-16-11-13(14)15/h7-8,11-12H,3-6,9-10H2,1-2H3. The van der Waals surface area contributed by atoms with Crippen molar-refractivity contribution in [2.45, 2.75) is 31.7 Å². The van der Waals surface area contributed by atoms with Crippen LogP contribution < -0.4 is 4.90 Å². The fourth-order valence-electron chi connectivity index (χ4n) is 2.63. The molecular weight excluding hydrogens is 229 g/mol. The van der Waals surface area contributed by atoms with Gasteiger partial charge in [0, 0.05) is 32.4 Å². The summed E-state index contributed by atoms with van der Waals surface area (Å²) in [7, 11) is 4.10. The summed E-state index contributed by atoms with van der Waals surface area (Å²) in [4.78, 5) is 8.14. The van der Waals surface area contributed by atoms with E-state index in [1.165, 1.54) is 31.9 Å². The van der Waals surface area contributed by atoms with Crippen LogP contribution in [0.25, 0.3) is 0 Å². The Bertz CT molecular complexity index is 377. The predicted octanol–water partition coefficient (Wildman–Crippen LogP) is 2.53. The average Bonchev–Trinajstić information content (AvgIpc) is 2.90. The minimum atomic E-state index is -0.247. The van der Waals surface area contributed by atoms with Gasteiger partial charge in [0.05, 0.1) is 11.9 Å². The SMILES string of the molecule is CN(CCN(C)C1CCCC1)c1ccncc1F. The first kappa shape index (κ1) is 13.3. The number of anilines is 1. The van der Waals surface area contributed by atoms with Gasteiger partial charge in [-0.2, -0.15) is 0 Å². The van der Waals surface area contributed by atoms with Crippen molar-refractivity contribution in [1.29, 1.82) is 0 Å². The Morgan fingerprint density at radius 3 is 2.67 bits per heavy atom. The third-order valence-corrected chi connectivity index (χ3v) is 3.90. The van der Waals surface area contributed by atoms with E-state index in [0.29, 0.717) is 5.69 Å². The lowest BCUT2D eigenvalue weighted by Crippen LogP contribution is -2.36. The molecule has 18 heavy (non-hydrogen) atoms. The van der Waals surface area contributed by atoms with Crippen molar-refractivity contribution in [3.8, 4) is 0 Å². The molecule has 0 bridgehead atoms. The summed E-state index contributed by atoms with van der Waals surface area (Å²) in [6, 6.07) is 2.45. The molecule has 1 aliphatic rings. The molecule has 0 aromatic carbocycles. The van der Waals surface area contributed by atoms with Gasteiger partial charge in [0.25, 0.3) is 0 Å². The van der Waals surface area contributed by atoms with E-state index in [2.05, 4.69) is 16.9 Å². The van der Waals surface area contributed by atoms with Gasteiger partial charge in [-0.25, -0.2) is 4.39 Å². The predicted molar refractivity (Wildman–Crippen MR) is 72.4 cm³/mol. The zero-order valence-electron chi connectivity index (χ0n) is 11.3. The van der Waals surface area contributed by atoms with Crippen molar-refractivity contribution in [3.05, 3.63) is 24.3 Å². The molecule has 1 saturated carbocycles. The zero-order valence-corrected chi connectivity index (χ0v) is 11.3. The van der Waals surface area contributed by atoms with E-state index in [-0.39, 0.29) is 5.82 Å². The van der Waals surface area contributed by atoms with Crippen LogP contribution in [-0.4, -0.2) is 43.1 Å². The smallest absolute Gasteiger partial charge is 0.164 e. The van der Waals surface area contributed by atoms with E-state index in [1.54, 1.807) is 12.3 Å². The monoisotopic (exact) mass is 251 g/mol. The summed E-state index contributed by atoms with van der Waals surface area (Å²) >= 11 is 0. The van der Waals surface area contributed by atoms with Crippen molar-refractivity contribution in [2.75, 3.05) is 32.1 Å². The van der Waals surface area contributed by atoms with Gasteiger partial charge in [-0.05, 0) is 26.0 Å². The molecule has 1 aromatic heterocycles. The highest BCUT2D eigenvalue weighted by Gasteiger charge is 2.19. The number of halogens is 1. The molecule has 3 nitrogen and oxygen atoms in total. The molecule has 0 N–H and O–H groups in total. The Kier molecular flexibility index (Phi) is 4.53. The quantitative estimate of drug-likeness (QED) is 0.801. The molecule has 0 saturated heterocycles. The van der Waals surface area contributed by atoms with Crippen LogP contribution in [0, 0.1) is 5.82 Å². The molecule has 0 radical (unpaired) electrons. The van der Waals surface area contributed by atoms with Crippen LogP contribution in [0.15, 0.2) is 18.5 Å². The van der Waals surface area contributed by atoms with Gasteiger partial charge in [-0.15, -0.1) is 0 Å². The molecule has 0 spiro atoms. The molecule has 0 amide bonds. The second-order valence-corrected chi connectivity index (χ2v) is 5.17. The maximum atomic E-state index is 13.5. The van der Waals surface area contributed by atoms with Crippen LogP contribution >= 0.6 is 0 Å². The highest BCUT2D eigenvalue weighted by atomic mass is 19.1. The molecule has 1 aliphatic carbocycles. The summed E-state index contributed by atoms with van der Waals surface area (Å²) in [6.45, 7) is 1.82. The maximum absolute atomic E-state index is 13.5. The number of rotatable bonds is 5. The van der Waals surface area contributed by atoms with Gasteiger partial charge in [-0.3, -0.25) is 4.98 Å². The van der Waals surface area contributed by atoms with Crippen molar-refractivity contribution >= 4 is 5.69 Å². The summed E-state index contributed by atoms with van der Waals surface area (Å²) in [6.07, 6.45) is 8.23. The number of hydrogen-bond donors (Lipinski definition) is 0. The normalized spacial score (nSPS) is 16.4. The van der Waals surface area contributed by atoms with Crippen molar-refractivity contribution in [2.24, 2.45) is 0 Å². The summed E-state index contributed by atoms with van der Waals surface area (Å²) in [5.41, 5.74) is 0.629. The van der Waals surface area contributed by atoms with Crippen LogP contribution in [-0.2, 0) is 0 Å². The molecular formula is C14H22FN3. The first-order chi connectivity index (χ1) is 8.68. The van der Waals surface area contributed by atoms with E-state index in [0.717, 1.165) is 19.1 Å². The second kappa shape index (κ2) is 6.14. The molecule has 0 unspecified atom stereocenters. The van der Waals surface area contributed by atoms with Crippen LogP contribution in [0.2, 0.25) is 0 Å². The van der Waals surface area contributed by atoms with Crippen molar-refractivity contribution in [3.63, 3.8) is 0 Å². The molecule has 100 valence electrons. The number of pyridine rings is 1. The topological polar surface area (TPSA) is 19.4 Å². The Hall–Kier alpha value is -1.16. The van der Waals surface area contributed by atoms with Crippen LogP contribution in [0.4, 0.5) is 10.1 Å². The van der Waals surface area contributed by atoms with Gasteiger partial charge >= 0.3 is 0 Å². The van der Waals surface area contributed by atoms with Crippen molar-refractivity contribution in [1.82, 2.24) is 9.88 Å². The molecule has 1 heterocycles. The molecule has 0 atom stereocenters. The Labute approximate surface area is 109 Å². The summed E-state index contributed by atoms with van der Waals surface area (Å²) < 4.78 is 13.5. The number of hydrogen-bond acceptors (Lipinski definition) is 3. The second-order valence-electron chi connectivity index (χ2n) is 5.17. The minimum absolute atomic E-state index is 0.247. The number of nitrogens with zero attached hydrogens (tertiary/aromatic N) is 3. The number of aromatic nitrogens is 1. The fourth-order valence-corrected chi connectivity index (χ4v) is 2.63. The lowest BCUT2D eigenvalue weighted by Gasteiger charge is -2.27. The van der Waals surface area contributed by atoms with Crippen LogP contribution in [0.5, 0.6) is 0 Å². The molecule has 0 aliphatic heterocycles. The number of likely N-dealkylation sites (N-methyl/N-ethyl adjacent to an activating group) is 2. The third kappa shape index (κ3) is 3.19. The highest BCUT2D eigenvalue weighted by Crippen LogP contribution is 2.22. The molecule has 1 aromatic rings. The largest absolute Gasteiger partial charge is 0.371 e. The summed E-state index contributed by atoms with van der Waals surface area (Å²) in [5.74, 6) is -0.247. The maximum Gasteiger partial charge on any atom is 0.164 e. The van der Waals surface area contributed by atoms with E-state index in [1.807, 2.05) is 11.9 Å². The van der Waals surface area contributed by atoms with Crippen LogP contribution in [0.1, 0.15) is 25.7 Å². The van der Waals surface area contributed by atoms with Gasteiger partial charge in [-0.1, -0.05) is 12.8 Å². The summed E-state index contributed by atoms with van der Waals surface area (Å²) in [5, 5.41) is 0. The van der Waals surface area contributed by atoms with E-state index in [4.69, 9.17) is 0 Å². The first-order valence-corrected chi connectivity index (χ1v) is 6.69. The molecule has 4 heteroatoms. The third-order valence-electron chi connectivity index (χ3n) is 3.90. The first-order valence-electron chi connectivity index (χ1n) is 6.69. The van der Waals surface area contributed by atoms with Gasteiger partial charge in [0.2, 0.25) is 0 Å². The van der Waals surface area contributed by atoms with Crippen molar-refractivity contribution < 1.29 is 4.39 Å².